The van der Waals surface area contributed by atoms with E-state index in [1.165, 1.54) is 0 Å². The van der Waals surface area contributed by atoms with Gasteiger partial charge in [0.2, 0.25) is 0 Å². The number of hydrogen-bond donors (Lipinski definition) is 1. The Morgan fingerprint density at radius 3 is 2.57 bits per heavy atom. The van der Waals surface area contributed by atoms with Crippen molar-refractivity contribution in [3.8, 4) is 23.2 Å². The van der Waals surface area contributed by atoms with Crippen LogP contribution in [0.1, 0.15) is 60.5 Å². The molecule has 10 heteroatoms. The molecule has 2 fully saturated rings. The molecule has 3 atom stereocenters. The molecule has 0 aliphatic carbocycles. The molecule has 228 valence electrons. The van der Waals surface area contributed by atoms with E-state index in [-0.39, 0.29) is 19.0 Å². The van der Waals surface area contributed by atoms with E-state index in [4.69, 9.17) is 18.7 Å². The standard InChI is InChI=1S/C34H36N4O6/c1-24(43-32-4-2-3-18-42-32)33-35-15-16-38(33)22-29-20-31(44-36-29)28-13-11-26(12-14-28)6-5-25-7-9-27(10-8-25)21-37-17-19-41-23-30(37)34(39)40/h7-16,20,24,30,32H,2-4,17-19,21-23H2,1H3,(H,39,40)/t24-,30?,32?/m0/s1. The van der Waals surface area contributed by atoms with Crippen molar-refractivity contribution >= 4 is 5.97 Å². The quantitative estimate of drug-likeness (QED) is 0.270. The molecule has 0 saturated carbocycles. The van der Waals surface area contributed by atoms with Gasteiger partial charge < -0.3 is 28.4 Å². The van der Waals surface area contributed by atoms with E-state index >= 15 is 0 Å². The number of carboxylic acid groups (broad SMARTS) is 1. The van der Waals surface area contributed by atoms with Crippen molar-refractivity contribution in [3.05, 3.63) is 95.2 Å². The van der Waals surface area contributed by atoms with Gasteiger partial charge in [0.05, 0.1) is 19.8 Å². The summed E-state index contributed by atoms with van der Waals surface area (Å²) in [5, 5.41) is 13.7. The van der Waals surface area contributed by atoms with Gasteiger partial charge in [-0.15, -0.1) is 0 Å². The van der Waals surface area contributed by atoms with Crippen molar-refractivity contribution in [2.24, 2.45) is 0 Å². The zero-order valence-electron chi connectivity index (χ0n) is 24.7. The first-order valence-electron chi connectivity index (χ1n) is 15.0. The Hall–Kier alpha value is -4.27. The van der Waals surface area contributed by atoms with Gasteiger partial charge in [0.15, 0.2) is 12.1 Å². The fourth-order valence-corrected chi connectivity index (χ4v) is 5.46. The molecule has 4 aromatic rings. The normalized spacial score (nSPS) is 19.7. The van der Waals surface area contributed by atoms with Crippen LogP contribution in [0.4, 0.5) is 0 Å². The van der Waals surface area contributed by atoms with E-state index in [0.29, 0.717) is 32.0 Å². The molecule has 10 nitrogen and oxygen atoms in total. The number of nitrogens with zero attached hydrogens (tertiary/aromatic N) is 4. The Morgan fingerprint density at radius 1 is 1.07 bits per heavy atom. The maximum absolute atomic E-state index is 11.5. The molecular formula is C34H36N4O6. The predicted molar refractivity (Wildman–Crippen MR) is 161 cm³/mol. The number of carbonyl (C=O) groups is 1. The Morgan fingerprint density at radius 2 is 1.84 bits per heavy atom. The number of carboxylic acids is 1. The number of benzene rings is 2. The van der Waals surface area contributed by atoms with Crippen molar-refractivity contribution in [2.45, 2.75) is 57.7 Å². The minimum absolute atomic E-state index is 0.184. The second kappa shape index (κ2) is 14.0. The number of aromatic nitrogens is 3. The van der Waals surface area contributed by atoms with Crippen molar-refractivity contribution < 1.29 is 28.6 Å². The summed E-state index contributed by atoms with van der Waals surface area (Å²) in [6, 6.07) is 17.1. The van der Waals surface area contributed by atoms with Crippen LogP contribution in [-0.4, -0.2) is 69.4 Å². The predicted octanol–water partition coefficient (Wildman–Crippen LogP) is 4.88. The second-order valence-corrected chi connectivity index (χ2v) is 11.1. The maximum atomic E-state index is 11.5. The molecule has 2 aliphatic heterocycles. The lowest BCUT2D eigenvalue weighted by molar-refractivity contribution is -0.188. The smallest absolute Gasteiger partial charge is 0.323 e. The van der Waals surface area contributed by atoms with E-state index in [0.717, 1.165) is 59.6 Å². The van der Waals surface area contributed by atoms with Crippen LogP contribution in [0.15, 0.2) is 71.5 Å². The zero-order chi connectivity index (χ0) is 30.3. The summed E-state index contributed by atoms with van der Waals surface area (Å²) in [5.74, 6) is 7.07. The summed E-state index contributed by atoms with van der Waals surface area (Å²) in [7, 11) is 0. The SMILES string of the molecule is C[C@H](OC1CCCCO1)c1nccn1Cc1cc(-c2ccc(C#Cc3ccc(CN4CCOCC4C(=O)O)cc3)cc2)on1. The summed E-state index contributed by atoms with van der Waals surface area (Å²) >= 11 is 0. The number of imidazole rings is 1. The molecule has 2 aromatic heterocycles. The summed E-state index contributed by atoms with van der Waals surface area (Å²) < 4.78 is 24.8. The number of hydrogen-bond acceptors (Lipinski definition) is 8. The Kier molecular flexibility index (Phi) is 9.48. The summed E-state index contributed by atoms with van der Waals surface area (Å²) in [6.45, 7) is 5.17. The number of rotatable bonds is 9. The molecule has 0 spiro atoms. The van der Waals surface area contributed by atoms with Gasteiger partial charge in [-0.2, -0.15) is 0 Å². The average Bonchev–Trinajstić information content (AvgIpc) is 3.72. The van der Waals surface area contributed by atoms with Gasteiger partial charge in [-0.05, 0) is 68.1 Å². The monoisotopic (exact) mass is 596 g/mol. The second-order valence-electron chi connectivity index (χ2n) is 11.1. The highest BCUT2D eigenvalue weighted by Crippen LogP contribution is 2.25. The molecule has 44 heavy (non-hydrogen) atoms. The molecule has 2 saturated heterocycles. The lowest BCUT2D eigenvalue weighted by Gasteiger charge is -2.32. The van der Waals surface area contributed by atoms with Gasteiger partial charge in [-0.1, -0.05) is 29.1 Å². The molecule has 1 N–H and O–H groups in total. The van der Waals surface area contributed by atoms with Crippen LogP contribution in [0.2, 0.25) is 0 Å². The highest BCUT2D eigenvalue weighted by molar-refractivity contribution is 5.73. The van der Waals surface area contributed by atoms with Gasteiger partial charge in [0.1, 0.15) is 23.7 Å². The molecule has 2 aromatic carbocycles. The molecule has 6 rings (SSSR count). The van der Waals surface area contributed by atoms with E-state index in [1.807, 2.05) is 77.2 Å². The van der Waals surface area contributed by atoms with Gasteiger partial charge in [0.25, 0.3) is 0 Å². The summed E-state index contributed by atoms with van der Waals surface area (Å²) in [6.07, 6.45) is 6.41. The summed E-state index contributed by atoms with van der Waals surface area (Å²) in [5.41, 5.74) is 4.52. The largest absolute Gasteiger partial charge is 0.480 e. The number of aliphatic carboxylic acids is 1. The van der Waals surface area contributed by atoms with Crippen LogP contribution in [0, 0.1) is 11.8 Å². The highest BCUT2D eigenvalue weighted by atomic mass is 16.7. The summed E-state index contributed by atoms with van der Waals surface area (Å²) in [4.78, 5) is 18.0. The zero-order valence-corrected chi connectivity index (χ0v) is 24.7. The highest BCUT2D eigenvalue weighted by Gasteiger charge is 2.29. The minimum atomic E-state index is -0.855. The van der Waals surface area contributed by atoms with Crippen LogP contribution < -0.4 is 0 Å². The molecule has 0 amide bonds. The van der Waals surface area contributed by atoms with Gasteiger partial charge in [-0.25, -0.2) is 4.98 Å². The third-order valence-corrected chi connectivity index (χ3v) is 7.88. The van der Waals surface area contributed by atoms with Crippen LogP contribution in [0.5, 0.6) is 0 Å². The molecule has 0 radical (unpaired) electrons. The average molecular weight is 597 g/mol. The van der Waals surface area contributed by atoms with Crippen molar-refractivity contribution in [2.75, 3.05) is 26.4 Å². The Bertz CT molecular complexity index is 1590. The third-order valence-electron chi connectivity index (χ3n) is 7.88. The Balaban J connectivity index is 1.04. The van der Waals surface area contributed by atoms with Crippen LogP contribution in [-0.2, 0) is 32.1 Å². The van der Waals surface area contributed by atoms with Crippen molar-refractivity contribution in [1.82, 2.24) is 19.6 Å². The van der Waals surface area contributed by atoms with Crippen molar-refractivity contribution in [1.29, 1.82) is 0 Å². The maximum Gasteiger partial charge on any atom is 0.323 e. The first kappa shape index (κ1) is 29.8. The fraction of sp³-hybridized carbons (Fsp3) is 0.382. The fourth-order valence-electron chi connectivity index (χ4n) is 5.46. The van der Waals surface area contributed by atoms with Crippen LogP contribution in [0.25, 0.3) is 11.3 Å². The topological polar surface area (TPSA) is 112 Å². The van der Waals surface area contributed by atoms with Gasteiger partial charge in [0, 0.05) is 54.8 Å². The third kappa shape index (κ3) is 7.44. The van der Waals surface area contributed by atoms with Crippen molar-refractivity contribution in [3.63, 3.8) is 0 Å². The minimum Gasteiger partial charge on any atom is -0.480 e. The first-order chi connectivity index (χ1) is 21.5. The molecular weight excluding hydrogens is 560 g/mol. The molecule has 2 unspecified atom stereocenters. The van der Waals surface area contributed by atoms with Crippen LogP contribution in [0.3, 0.4) is 0 Å². The first-order valence-corrected chi connectivity index (χ1v) is 15.0. The van der Waals surface area contributed by atoms with Gasteiger partial charge >= 0.3 is 5.97 Å². The molecule has 4 heterocycles. The van der Waals surface area contributed by atoms with E-state index in [2.05, 4.69) is 22.0 Å². The molecule has 0 bridgehead atoms. The van der Waals surface area contributed by atoms with Gasteiger partial charge in [-0.3, -0.25) is 9.69 Å². The lowest BCUT2D eigenvalue weighted by Crippen LogP contribution is -2.49. The Labute approximate surface area is 256 Å². The number of morpholine rings is 1. The lowest BCUT2D eigenvalue weighted by atomic mass is 10.1. The van der Waals surface area contributed by atoms with E-state index in [1.54, 1.807) is 6.20 Å². The number of ether oxygens (including phenoxy) is 3. The van der Waals surface area contributed by atoms with E-state index < -0.39 is 12.0 Å². The van der Waals surface area contributed by atoms with E-state index in [9.17, 15) is 9.90 Å². The molecule has 2 aliphatic rings. The van der Waals surface area contributed by atoms with Crippen LogP contribution >= 0.6 is 0 Å².